The Bertz CT molecular complexity index is 410. The van der Waals surface area contributed by atoms with Crippen LogP contribution >= 0.6 is 23.4 Å². The third-order valence-corrected chi connectivity index (χ3v) is 7.51. The molecule has 3 aliphatic rings. The van der Waals surface area contributed by atoms with Gasteiger partial charge in [-0.1, -0.05) is 12.8 Å². The van der Waals surface area contributed by atoms with E-state index in [1.807, 2.05) is 4.90 Å². The predicted molar refractivity (Wildman–Crippen MR) is 93.2 cm³/mol. The third-order valence-electron chi connectivity index (χ3n) is 5.47. The number of likely N-dealkylation sites (tertiary alicyclic amines) is 1. The van der Waals surface area contributed by atoms with Gasteiger partial charge in [0.05, 0.1) is 0 Å². The first-order chi connectivity index (χ1) is 10.5. The fraction of sp³-hybridized carbons (Fsp3) is 0.938. The van der Waals surface area contributed by atoms with Gasteiger partial charge < -0.3 is 10.6 Å². The van der Waals surface area contributed by atoms with Gasteiger partial charge in [-0.3, -0.25) is 10.1 Å². The fourth-order valence-corrected chi connectivity index (χ4v) is 5.90. The maximum atomic E-state index is 12.7. The predicted octanol–water partition coefficient (Wildman–Crippen LogP) is 2.15. The van der Waals surface area contributed by atoms with Crippen molar-refractivity contribution in [1.82, 2.24) is 10.2 Å². The number of piperidine rings is 1. The number of thioether (sulfide) groups is 1. The maximum Gasteiger partial charge on any atom is 0.250 e. The second kappa shape index (κ2) is 6.88. The van der Waals surface area contributed by atoms with Crippen molar-refractivity contribution in [2.24, 2.45) is 11.7 Å². The van der Waals surface area contributed by atoms with Gasteiger partial charge in [0.2, 0.25) is 5.91 Å². The SMILES string of the molecule is CC1(N)CCN(C(=O)C2NCC(C3CCCCC3Cl)S2)CC1. The zero-order valence-electron chi connectivity index (χ0n) is 13.4. The van der Waals surface area contributed by atoms with E-state index in [0.717, 1.165) is 38.9 Å². The number of nitrogens with one attached hydrogen (secondary N) is 1. The number of nitrogens with two attached hydrogens (primary N) is 1. The second-order valence-corrected chi connectivity index (χ2v) is 9.32. The summed E-state index contributed by atoms with van der Waals surface area (Å²) in [4.78, 5) is 14.7. The summed E-state index contributed by atoms with van der Waals surface area (Å²) < 4.78 is 0. The highest BCUT2D eigenvalue weighted by Crippen LogP contribution is 2.39. The van der Waals surface area contributed by atoms with Crippen molar-refractivity contribution in [1.29, 1.82) is 0 Å². The summed E-state index contributed by atoms with van der Waals surface area (Å²) in [5.74, 6) is 0.796. The van der Waals surface area contributed by atoms with E-state index in [-0.39, 0.29) is 22.2 Å². The lowest BCUT2D eigenvalue weighted by molar-refractivity contribution is -0.132. The first kappa shape index (κ1) is 16.9. The van der Waals surface area contributed by atoms with Gasteiger partial charge in [0.1, 0.15) is 5.37 Å². The molecule has 1 amide bonds. The van der Waals surface area contributed by atoms with Crippen LogP contribution in [0, 0.1) is 5.92 Å². The molecular weight excluding hydrogens is 318 g/mol. The lowest BCUT2D eigenvalue weighted by atomic mass is 9.86. The van der Waals surface area contributed by atoms with Gasteiger partial charge in [0.15, 0.2) is 0 Å². The molecular formula is C16H28ClN3OS. The summed E-state index contributed by atoms with van der Waals surface area (Å²) in [6.45, 7) is 4.57. The van der Waals surface area contributed by atoms with E-state index in [1.54, 1.807) is 11.8 Å². The van der Waals surface area contributed by atoms with Crippen molar-refractivity contribution in [2.45, 2.75) is 67.0 Å². The number of amides is 1. The Kier molecular flexibility index (Phi) is 5.27. The molecule has 3 N–H and O–H groups in total. The Morgan fingerprint density at radius 2 is 2.00 bits per heavy atom. The van der Waals surface area contributed by atoms with Crippen molar-refractivity contribution in [3.05, 3.63) is 0 Å². The molecule has 22 heavy (non-hydrogen) atoms. The summed E-state index contributed by atoms with van der Waals surface area (Å²) in [7, 11) is 0. The van der Waals surface area contributed by atoms with Gasteiger partial charge in [-0.25, -0.2) is 0 Å². The molecule has 1 saturated carbocycles. The average Bonchev–Trinajstić information content (AvgIpc) is 2.96. The number of carbonyl (C=O) groups is 1. The smallest absolute Gasteiger partial charge is 0.250 e. The number of hydrogen-bond acceptors (Lipinski definition) is 4. The normalized spacial score (nSPS) is 39.0. The minimum atomic E-state index is -0.108. The fourth-order valence-electron chi connectivity index (χ4n) is 3.83. The van der Waals surface area contributed by atoms with Gasteiger partial charge in [-0.2, -0.15) is 0 Å². The zero-order valence-corrected chi connectivity index (χ0v) is 15.0. The van der Waals surface area contributed by atoms with Crippen LogP contribution in [0.2, 0.25) is 0 Å². The topological polar surface area (TPSA) is 58.4 Å². The van der Waals surface area contributed by atoms with E-state index < -0.39 is 0 Å². The molecule has 126 valence electrons. The minimum Gasteiger partial charge on any atom is -0.340 e. The summed E-state index contributed by atoms with van der Waals surface area (Å²) in [5, 5.41) is 4.11. The average molecular weight is 346 g/mol. The van der Waals surface area contributed by atoms with Gasteiger partial charge in [0.25, 0.3) is 0 Å². The lowest BCUT2D eigenvalue weighted by Crippen LogP contribution is -2.52. The molecule has 0 aromatic heterocycles. The summed E-state index contributed by atoms with van der Waals surface area (Å²) in [6.07, 6.45) is 6.67. The highest BCUT2D eigenvalue weighted by molar-refractivity contribution is 8.01. The van der Waals surface area contributed by atoms with Crippen LogP contribution in [-0.2, 0) is 4.79 Å². The van der Waals surface area contributed by atoms with E-state index in [2.05, 4.69) is 12.2 Å². The van der Waals surface area contributed by atoms with Crippen molar-refractivity contribution >= 4 is 29.3 Å². The van der Waals surface area contributed by atoms with E-state index in [0.29, 0.717) is 11.2 Å². The summed E-state index contributed by atoms with van der Waals surface area (Å²) in [5.41, 5.74) is 6.05. The van der Waals surface area contributed by atoms with Crippen LogP contribution in [0.25, 0.3) is 0 Å². The molecule has 4 unspecified atom stereocenters. The Morgan fingerprint density at radius 3 is 2.68 bits per heavy atom. The number of rotatable bonds is 2. The Morgan fingerprint density at radius 1 is 1.32 bits per heavy atom. The van der Waals surface area contributed by atoms with Crippen molar-refractivity contribution in [3.8, 4) is 0 Å². The van der Waals surface area contributed by atoms with E-state index in [1.165, 1.54) is 19.3 Å². The molecule has 3 rings (SSSR count). The molecule has 0 bridgehead atoms. The van der Waals surface area contributed by atoms with E-state index >= 15 is 0 Å². The number of nitrogens with zero attached hydrogens (tertiary/aromatic N) is 1. The van der Waals surface area contributed by atoms with Gasteiger partial charge in [-0.15, -0.1) is 23.4 Å². The van der Waals surface area contributed by atoms with Gasteiger partial charge in [-0.05, 0) is 38.5 Å². The zero-order chi connectivity index (χ0) is 15.7. The number of hydrogen-bond donors (Lipinski definition) is 2. The molecule has 2 saturated heterocycles. The molecule has 3 fully saturated rings. The molecule has 6 heteroatoms. The van der Waals surface area contributed by atoms with Crippen LogP contribution in [0.15, 0.2) is 0 Å². The largest absolute Gasteiger partial charge is 0.340 e. The van der Waals surface area contributed by atoms with Crippen LogP contribution < -0.4 is 11.1 Å². The summed E-state index contributed by atoms with van der Waals surface area (Å²) in [6, 6.07) is 0. The van der Waals surface area contributed by atoms with E-state index in [4.69, 9.17) is 17.3 Å². The molecule has 2 aliphatic heterocycles. The van der Waals surface area contributed by atoms with Crippen LogP contribution in [0.4, 0.5) is 0 Å². The molecule has 0 aromatic carbocycles. The van der Waals surface area contributed by atoms with Crippen LogP contribution in [-0.4, -0.2) is 52.0 Å². The molecule has 0 spiro atoms. The highest BCUT2D eigenvalue weighted by Gasteiger charge is 2.40. The third kappa shape index (κ3) is 3.74. The quantitative estimate of drug-likeness (QED) is 0.753. The Labute approximate surface area is 142 Å². The molecule has 0 radical (unpaired) electrons. The second-order valence-electron chi connectivity index (χ2n) is 7.41. The highest BCUT2D eigenvalue weighted by atomic mass is 35.5. The first-order valence-electron chi connectivity index (χ1n) is 8.57. The van der Waals surface area contributed by atoms with Crippen LogP contribution in [0.5, 0.6) is 0 Å². The van der Waals surface area contributed by atoms with Gasteiger partial charge in [0, 0.05) is 35.8 Å². The molecule has 4 atom stereocenters. The molecule has 2 heterocycles. The monoisotopic (exact) mass is 345 g/mol. The lowest BCUT2D eigenvalue weighted by Gasteiger charge is -2.37. The van der Waals surface area contributed by atoms with Crippen LogP contribution in [0.1, 0.15) is 45.4 Å². The maximum absolute atomic E-state index is 12.7. The number of halogens is 1. The van der Waals surface area contributed by atoms with Crippen LogP contribution in [0.3, 0.4) is 0 Å². The van der Waals surface area contributed by atoms with Crippen molar-refractivity contribution in [2.75, 3.05) is 19.6 Å². The first-order valence-corrected chi connectivity index (χ1v) is 9.95. The Hall–Kier alpha value is 0.0300. The number of carbonyl (C=O) groups excluding carboxylic acids is 1. The van der Waals surface area contributed by atoms with Crippen molar-refractivity contribution < 1.29 is 4.79 Å². The minimum absolute atomic E-state index is 0.0853. The van der Waals surface area contributed by atoms with Gasteiger partial charge >= 0.3 is 0 Å². The Balaban J connectivity index is 1.53. The molecule has 0 aromatic rings. The van der Waals surface area contributed by atoms with Crippen molar-refractivity contribution in [3.63, 3.8) is 0 Å². The molecule has 1 aliphatic carbocycles. The summed E-state index contributed by atoms with van der Waals surface area (Å²) >= 11 is 8.32. The van der Waals surface area contributed by atoms with E-state index in [9.17, 15) is 4.79 Å². The number of alkyl halides is 1. The molecule has 4 nitrogen and oxygen atoms in total. The standard InChI is InChI=1S/C16H28ClN3OS/c1-16(18)6-8-20(9-7-16)15(21)14-19-10-13(22-14)11-4-2-3-5-12(11)17/h11-14,19H,2-10,18H2,1H3.